The standard InChI is InChI=1S/H5N3.H2S/c1-3-2;/h3H,1-2H2;1H2. The van der Waals surface area contributed by atoms with Gasteiger partial charge in [-0.3, -0.25) is 11.7 Å². The Hall–Kier alpha value is 0.230. The average Bonchev–Trinajstić information content (AvgIpc) is 0.918. The first-order valence-corrected chi connectivity index (χ1v) is 0.577. The first-order chi connectivity index (χ1) is 1.41. The summed E-state index contributed by atoms with van der Waals surface area (Å²) in [7, 11) is 0. The maximum absolute atomic E-state index is 4.38. The van der Waals surface area contributed by atoms with E-state index >= 15 is 0 Å². The van der Waals surface area contributed by atoms with Gasteiger partial charge in [-0.1, -0.05) is 0 Å². The highest BCUT2D eigenvalue weighted by atomic mass is 32.1. The summed E-state index contributed by atoms with van der Waals surface area (Å²) in [6, 6.07) is 0. The Morgan fingerprint density at radius 2 is 1.25 bits per heavy atom. The van der Waals surface area contributed by atoms with Crippen LogP contribution in [0.4, 0.5) is 0 Å². The fourth-order valence-electron chi connectivity index (χ4n) is 0. The SMILES string of the molecule is NNN.S. The van der Waals surface area contributed by atoms with Crippen LogP contribution >= 0.6 is 13.5 Å². The van der Waals surface area contributed by atoms with Crippen LogP contribution in [-0.2, 0) is 0 Å². The summed E-state index contributed by atoms with van der Waals surface area (Å²) in [4.78, 5) is 0. The van der Waals surface area contributed by atoms with Crippen molar-refractivity contribution in [3.05, 3.63) is 0 Å². The summed E-state index contributed by atoms with van der Waals surface area (Å²) in [6.07, 6.45) is 0. The highest BCUT2D eigenvalue weighted by Gasteiger charge is 1.19. The molecule has 0 saturated heterocycles. The highest BCUT2D eigenvalue weighted by molar-refractivity contribution is 7.59. The molecule has 0 atom stereocenters. The molecule has 0 aromatic heterocycles. The van der Waals surface area contributed by atoms with Gasteiger partial charge in [-0.25, -0.2) is 0 Å². The van der Waals surface area contributed by atoms with Crippen LogP contribution in [-0.4, -0.2) is 0 Å². The van der Waals surface area contributed by atoms with E-state index in [4.69, 9.17) is 0 Å². The van der Waals surface area contributed by atoms with Gasteiger partial charge in [0.15, 0.2) is 0 Å². The molecule has 0 fully saturated rings. The Bertz CT molecular complexity index is 3.25. The molecule has 0 aromatic carbocycles. The minimum absolute atomic E-state index is 0. The predicted octanol–water partition coefficient (Wildman–Crippen LogP) is -1.56. The Labute approximate surface area is 31.7 Å². The summed E-state index contributed by atoms with van der Waals surface area (Å²) < 4.78 is 0. The lowest BCUT2D eigenvalue weighted by Gasteiger charge is -1.64. The molecule has 4 heteroatoms. The zero-order valence-electron chi connectivity index (χ0n) is 2.15. The monoisotopic (exact) mass is 81.0 g/mol. The molecule has 0 rings (SSSR count). The molecule has 0 radical (unpaired) electrons. The van der Waals surface area contributed by atoms with Crippen LogP contribution in [0.15, 0.2) is 0 Å². The number of hydrazine groups is 2. The van der Waals surface area contributed by atoms with E-state index < -0.39 is 0 Å². The van der Waals surface area contributed by atoms with Crippen molar-refractivity contribution in [2.75, 3.05) is 0 Å². The van der Waals surface area contributed by atoms with E-state index in [0.717, 1.165) is 0 Å². The van der Waals surface area contributed by atoms with Gasteiger partial charge in [-0.05, 0) is 0 Å². The van der Waals surface area contributed by atoms with Gasteiger partial charge in [0, 0.05) is 0 Å². The van der Waals surface area contributed by atoms with Gasteiger partial charge in [0.25, 0.3) is 0 Å². The summed E-state index contributed by atoms with van der Waals surface area (Å²) in [5, 5.41) is 0. The van der Waals surface area contributed by atoms with Crippen molar-refractivity contribution in [2.24, 2.45) is 11.7 Å². The van der Waals surface area contributed by atoms with Crippen molar-refractivity contribution in [3.63, 3.8) is 0 Å². The van der Waals surface area contributed by atoms with Crippen LogP contribution in [0, 0.1) is 0 Å². The Morgan fingerprint density at radius 1 is 1.25 bits per heavy atom. The predicted molar refractivity (Wildman–Crippen MR) is 21.9 cm³/mol. The van der Waals surface area contributed by atoms with Crippen molar-refractivity contribution in [1.82, 2.24) is 5.53 Å². The normalized spacial score (nSPS) is 4.50. The van der Waals surface area contributed by atoms with Gasteiger partial charge in [-0.15, -0.1) is 0 Å². The van der Waals surface area contributed by atoms with Crippen molar-refractivity contribution < 1.29 is 0 Å². The van der Waals surface area contributed by atoms with Gasteiger partial charge in [0.2, 0.25) is 0 Å². The largest absolute Gasteiger partial charge is 0.258 e. The first kappa shape index (κ1) is 8.87. The number of nitrogens with two attached hydrogens (primary N) is 2. The molecule has 0 amide bonds. The maximum atomic E-state index is 4.38. The van der Waals surface area contributed by atoms with E-state index in [1.165, 1.54) is 0 Å². The van der Waals surface area contributed by atoms with E-state index in [0.29, 0.717) is 0 Å². The third kappa shape index (κ3) is 63.8. The smallest absolute Gasteiger partial charge is 0.197 e. The van der Waals surface area contributed by atoms with E-state index in [-0.39, 0.29) is 13.5 Å². The van der Waals surface area contributed by atoms with Crippen LogP contribution in [0.2, 0.25) is 0 Å². The third-order valence-electron chi connectivity index (χ3n) is 0. The van der Waals surface area contributed by atoms with Gasteiger partial charge in [0.1, 0.15) is 0 Å². The fourth-order valence-corrected chi connectivity index (χ4v) is 0. The molecule has 0 unspecified atom stereocenters. The molecule has 0 aliphatic carbocycles. The van der Waals surface area contributed by atoms with E-state index in [1.807, 2.05) is 0 Å². The lowest BCUT2D eigenvalue weighted by atomic mass is 12.6. The zero-order valence-corrected chi connectivity index (χ0v) is 3.15. The maximum Gasteiger partial charge on any atom is -0.197 e. The summed E-state index contributed by atoms with van der Waals surface area (Å²) in [5.74, 6) is 8.75. The van der Waals surface area contributed by atoms with Crippen LogP contribution < -0.4 is 17.2 Å². The van der Waals surface area contributed by atoms with Crippen molar-refractivity contribution >= 4 is 13.5 Å². The fraction of sp³-hybridized carbons (Fsp3) is 0. The number of hydrogen-bond donors (Lipinski definition) is 3. The first-order valence-electron chi connectivity index (χ1n) is 0.577. The second kappa shape index (κ2) is 10.6. The van der Waals surface area contributed by atoms with Gasteiger partial charge < -0.3 is 0 Å². The van der Waals surface area contributed by atoms with E-state index in [2.05, 4.69) is 11.7 Å². The third-order valence-corrected chi connectivity index (χ3v) is 0. The average molecular weight is 81.1 g/mol. The molecule has 5 N–H and O–H groups in total. The second-order valence-corrected chi connectivity index (χ2v) is 0.167. The summed E-state index contributed by atoms with van der Waals surface area (Å²) >= 11 is 0. The van der Waals surface area contributed by atoms with Crippen LogP contribution in [0.5, 0.6) is 0 Å². The van der Waals surface area contributed by atoms with Crippen molar-refractivity contribution in [1.29, 1.82) is 0 Å². The van der Waals surface area contributed by atoms with Gasteiger partial charge in [-0.2, -0.15) is 19.0 Å². The van der Waals surface area contributed by atoms with Gasteiger partial charge >= 0.3 is 0 Å². The molecular formula is H7N3S. The number of rotatable bonds is 0. The van der Waals surface area contributed by atoms with E-state index in [9.17, 15) is 0 Å². The molecule has 0 aromatic rings. The topological polar surface area (TPSA) is 64.1 Å². The second-order valence-electron chi connectivity index (χ2n) is 0.167. The molecule has 0 aliphatic rings. The molecule has 4 heavy (non-hydrogen) atoms. The minimum Gasteiger partial charge on any atom is -0.258 e. The molecule has 3 nitrogen and oxygen atoms in total. The molecule has 0 saturated carbocycles. The zero-order chi connectivity index (χ0) is 2.71. The molecule has 28 valence electrons. The quantitative estimate of drug-likeness (QED) is 0.244. The Balaban J connectivity index is 0. The van der Waals surface area contributed by atoms with Crippen LogP contribution in [0.3, 0.4) is 0 Å². The number of nitrogens with one attached hydrogen (secondary N) is 1. The van der Waals surface area contributed by atoms with E-state index in [1.54, 1.807) is 5.53 Å². The molecular weight excluding hydrogens is 74.1 g/mol. The minimum atomic E-state index is 0. The molecule has 0 heterocycles. The lowest BCUT2D eigenvalue weighted by molar-refractivity contribution is 0.803. The Kier molecular flexibility index (Phi) is 23.6. The van der Waals surface area contributed by atoms with Crippen molar-refractivity contribution in [3.8, 4) is 0 Å². The summed E-state index contributed by atoms with van der Waals surface area (Å²) in [6.45, 7) is 0. The van der Waals surface area contributed by atoms with Crippen molar-refractivity contribution in [2.45, 2.75) is 0 Å². The van der Waals surface area contributed by atoms with Crippen LogP contribution in [0.25, 0.3) is 0 Å². The van der Waals surface area contributed by atoms with Gasteiger partial charge in [0.05, 0.1) is 0 Å². The molecule has 0 aliphatic heterocycles. The van der Waals surface area contributed by atoms with Crippen LogP contribution in [0.1, 0.15) is 0 Å². The molecule has 0 bridgehead atoms. The highest BCUT2D eigenvalue weighted by Crippen LogP contribution is 0.648. The summed E-state index contributed by atoms with van der Waals surface area (Å²) in [5.41, 5.74) is 1.75. The number of hydrogen-bond acceptors (Lipinski definition) is 3. The Morgan fingerprint density at radius 3 is 1.25 bits per heavy atom. The molecule has 0 spiro atoms. The lowest BCUT2D eigenvalue weighted by Crippen LogP contribution is -2.29.